The van der Waals surface area contributed by atoms with Crippen LogP contribution in [0.4, 0.5) is 0 Å². The molecule has 23 heavy (non-hydrogen) atoms. The summed E-state index contributed by atoms with van der Waals surface area (Å²) in [6, 6.07) is 20.1. The zero-order valence-corrected chi connectivity index (χ0v) is 12.4. The van der Waals surface area contributed by atoms with Gasteiger partial charge in [0.15, 0.2) is 0 Å². The van der Waals surface area contributed by atoms with E-state index in [2.05, 4.69) is 30.3 Å². The van der Waals surface area contributed by atoms with Crippen LogP contribution in [0.1, 0.15) is 11.3 Å². The Kier molecular flexibility index (Phi) is 3.94. The van der Waals surface area contributed by atoms with Crippen molar-refractivity contribution in [3.63, 3.8) is 0 Å². The van der Waals surface area contributed by atoms with Crippen LogP contribution >= 0.6 is 0 Å². The van der Waals surface area contributed by atoms with E-state index in [9.17, 15) is 4.79 Å². The van der Waals surface area contributed by atoms with Crippen LogP contribution in [0.2, 0.25) is 0 Å². The Morgan fingerprint density at radius 2 is 1.91 bits per heavy atom. The van der Waals surface area contributed by atoms with Crippen LogP contribution in [0, 0.1) is 11.3 Å². The first-order valence-corrected chi connectivity index (χ1v) is 7.22. The molecule has 1 aromatic heterocycles. The predicted molar refractivity (Wildman–Crippen MR) is 90.3 cm³/mol. The predicted octanol–water partition coefficient (Wildman–Crippen LogP) is 3.08. The van der Waals surface area contributed by atoms with E-state index in [0.717, 1.165) is 11.3 Å². The SMILES string of the molecule is N#C/C(=C\c1cccn1Cc1ccc2ccccc2c1)C(N)=O. The Hall–Kier alpha value is -3.32. The normalized spacial score (nSPS) is 11.3. The maximum Gasteiger partial charge on any atom is 0.259 e. The number of amides is 1. The third-order valence-electron chi connectivity index (χ3n) is 3.71. The summed E-state index contributed by atoms with van der Waals surface area (Å²) in [6.45, 7) is 0.654. The third-order valence-corrected chi connectivity index (χ3v) is 3.71. The summed E-state index contributed by atoms with van der Waals surface area (Å²) in [5.74, 6) is -0.717. The summed E-state index contributed by atoms with van der Waals surface area (Å²) in [5, 5.41) is 11.3. The molecule has 1 amide bonds. The van der Waals surface area contributed by atoms with Gasteiger partial charge in [0.1, 0.15) is 11.6 Å². The largest absolute Gasteiger partial charge is 0.365 e. The molecular formula is C19H15N3O. The Morgan fingerprint density at radius 3 is 2.65 bits per heavy atom. The quantitative estimate of drug-likeness (QED) is 0.594. The van der Waals surface area contributed by atoms with Crippen LogP contribution in [0.15, 0.2) is 66.4 Å². The molecule has 2 N–H and O–H groups in total. The third kappa shape index (κ3) is 3.14. The van der Waals surface area contributed by atoms with Gasteiger partial charge in [-0.2, -0.15) is 5.26 Å². The zero-order chi connectivity index (χ0) is 16.2. The number of hydrogen-bond acceptors (Lipinski definition) is 2. The number of rotatable bonds is 4. The van der Waals surface area contributed by atoms with Gasteiger partial charge in [-0.05, 0) is 40.6 Å². The van der Waals surface area contributed by atoms with Crippen molar-refractivity contribution in [1.82, 2.24) is 4.57 Å². The van der Waals surface area contributed by atoms with Crippen molar-refractivity contribution in [1.29, 1.82) is 5.26 Å². The summed E-state index contributed by atoms with van der Waals surface area (Å²) in [6.07, 6.45) is 3.43. The summed E-state index contributed by atoms with van der Waals surface area (Å²) in [5.41, 5.74) is 7.05. The maximum atomic E-state index is 11.2. The molecule has 4 nitrogen and oxygen atoms in total. The van der Waals surface area contributed by atoms with Gasteiger partial charge in [-0.15, -0.1) is 0 Å². The molecular weight excluding hydrogens is 286 g/mol. The van der Waals surface area contributed by atoms with Gasteiger partial charge in [0, 0.05) is 18.4 Å². The van der Waals surface area contributed by atoms with Gasteiger partial charge in [0.2, 0.25) is 0 Å². The molecule has 3 rings (SSSR count). The number of aromatic nitrogens is 1. The second kappa shape index (κ2) is 6.20. The molecule has 2 aromatic carbocycles. The van der Waals surface area contributed by atoms with Gasteiger partial charge in [-0.3, -0.25) is 4.79 Å². The lowest BCUT2D eigenvalue weighted by molar-refractivity contribution is -0.114. The molecule has 0 unspecified atom stereocenters. The van der Waals surface area contributed by atoms with Crippen LogP contribution in [-0.2, 0) is 11.3 Å². The molecule has 112 valence electrons. The standard InChI is InChI=1S/C19H15N3O/c20-12-17(19(21)23)11-18-6-3-9-22(18)13-14-7-8-15-4-1-2-5-16(15)10-14/h1-11H,13H2,(H2,21,23)/b17-11+. The van der Waals surface area contributed by atoms with Gasteiger partial charge in [0.25, 0.3) is 5.91 Å². The van der Waals surface area contributed by atoms with Gasteiger partial charge in [-0.25, -0.2) is 0 Å². The molecule has 0 saturated heterocycles. The van der Waals surface area contributed by atoms with E-state index in [0.29, 0.717) is 6.54 Å². The number of hydrogen-bond donors (Lipinski definition) is 1. The van der Waals surface area contributed by atoms with E-state index < -0.39 is 5.91 Å². The smallest absolute Gasteiger partial charge is 0.259 e. The summed E-state index contributed by atoms with van der Waals surface area (Å²) >= 11 is 0. The summed E-state index contributed by atoms with van der Waals surface area (Å²) in [7, 11) is 0. The second-order valence-corrected chi connectivity index (χ2v) is 5.28. The van der Waals surface area contributed by atoms with Crippen molar-refractivity contribution in [3.05, 3.63) is 77.6 Å². The lowest BCUT2D eigenvalue weighted by atomic mass is 10.1. The molecule has 0 fully saturated rings. The zero-order valence-electron chi connectivity index (χ0n) is 12.4. The number of primary amides is 1. The van der Waals surface area contributed by atoms with E-state index in [4.69, 9.17) is 11.0 Å². The van der Waals surface area contributed by atoms with Crippen molar-refractivity contribution < 1.29 is 4.79 Å². The minimum Gasteiger partial charge on any atom is -0.365 e. The molecule has 0 spiro atoms. The van der Waals surface area contributed by atoms with Gasteiger partial charge in [0.05, 0.1) is 0 Å². The number of nitrogens with zero attached hydrogens (tertiary/aromatic N) is 2. The van der Waals surface area contributed by atoms with Gasteiger partial charge in [-0.1, -0.05) is 36.4 Å². The highest BCUT2D eigenvalue weighted by atomic mass is 16.1. The van der Waals surface area contributed by atoms with Crippen LogP contribution in [0.25, 0.3) is 16.8 Å². The van der Waals surface area contributed by atoms with E-state index in [1.807, 2.05) is 41.1 Å². The molecule has 0 saturated carbocycles. The maximum absolute atomic E-state index is 11.2. The fourth-order valence-electron chi connectivity index (χ4n) is 2.54. The monoisotopic (exact) mass is 301 g/mol. The molecule has 0 atom stereocenters. The molecule has 3 aromatic rings. The number of benzene rings is 2. The first kappa shape index (κ1) is 14.6. The van der Waals surface area contributed by atoms with Crippen LogP contribution in [0.3, 0.4) is 0 Å². The van der Waals surface area contributed by atoms with Crippen LogP contribution in [0.5, 0.6) is 0 Å². The van der Waals surface area contributed by atoms with Crippen molar-refractivity contribution in [2.45, 2.75) is 6.54 Å². The van der Waals surface area contributed by atoms with Crippen LogP contribution < -0.4 is 5.73 Å². The van der Waals surface area contributed by atoms with Crippen molar-refractivity contribution in [2.75, 3.05) is 0 Å². The molecule has 0 aliphatic carbocycles. The first-order chi connectivity index (χ1) is 11.2. The van der Waals surface area contributed by atoms with E-state index in [1.54, 1.807) is 0 Å². The minimum atomic E-state index is -0.717. The van der Waals surface area contributed by atoms with Gasteiger partial charge < -0.3 is 10.3 Å². The lowest BCUT2D eigenvalue weighted by Gasteiger charge is -2.08. The average molecular weight is 301 g/mol. The highest BCUT2D eigenvalue weighted by molar-refractivity contribution is 6.00. The molecule has 1 heterocycles. The Balaban J connectivity index is 1.93. The van der Waals surface area contributed by atoms with Gasteiger partial charge >= 0.3 is 0 Å². The van der Waals surface area contributed by atoms with Crippen molar-refractivity contribution in [3.8, 4) is 6.07 Å². The number of nitriles is 1. The fraction of sp³-hybridized carbons (Fsp3) is 0.0526. The minimum absolute atomic E-state index is 0.0524. The molecule has 0 radical (unpaired) electrons. The number of carbonyl (C=O) groups is 1. The second-order valence-electron chi connectivity index (χ2n) is 5.28. The summed E-state index contributed by atoms with van der Waals surface area (Å²) < 4.78 is 1.98. The van der Waals surface area contributed by atoms with Crippen molar-refractivity contribution in [2.24, 2.45) is 5.73 Å². The number of nitrogens with two attached hydrogens (primary N) is 1. The van der Waals surface area contributed by atoms with Crippen LogP contribution in [-0.4, -0.2) is 10.5 Å². The lowest BCUT2D eigenvalue weighted by Crippen LogP contribution is -2.13. The van der Waals surface area contributed by atoms with E-state index in [-0.39, 0.29) is 5.57 Å². The van der Waals surface area contributed by atoms with E-state index in [1.165, 1.54) is 16.8 Å². The topological polar surface area (TPSA) is 71.8 Å². The molecule has 4 heteroatoms. The highest BCUT2D eigenvalue weighted by Gasteiger charge is 2.06. The molecule has 0 bridgehead atoms. The number of carbonyl (C=O) groups excluding carboxylic acids is 1. The Morgan fingerprint density at radius 1 is 1.13 bits per heavy atom. The first-order valence-electron chi connectivity index (χ1n) is 7.22. The summed E-state index contributed by atoms with van der Waals surface area (Å²) in [4.78, 5) is 11.2. The number of fused-ring (bicyclic) bond motifs is 1. The Bertz CT molecular complexity index is 944. The average Bonchev–Trinajstić information content (AvgIpc) is 2.99. The Labute approximate surface area is 134 Å². The fourth-order valence-corrected chi connectivity index (χ4v) is 2.54. The molecule has 0 aliphatic heterocycles. The van der Waals surface area contributed by atoms with Crippen molar-refractivity contribution >= 4 is 22.8 Å². The molecule has 0 aliphatic rings. The van der Waals surface area contributed by atoms with E-state index >= 15 is 0 Å². The highest BCUT2D eigenvalue weighted by Crippen LogP contribution is 2.18.